The van der Waals surface area contributed by atoms with Gasteiger partial charge in [0.2, 0.25) is 0 Å². The molecule has 21 heavy (non-hydrogen) atoms. The molecule has 0 saturated heterocycles. The third-order valence-electron chi connectivity index (χ3n) is 6.22. The van der Waals surface area contributed by atoms with Crippen LogP contribution in [0.15, 0.2) is 24.3 Å². The second-order valence-electron chi connectivity index (χ2n) is 6.97. The molecule has 0 amide bonds. The molecule has 0 radical (unpaired) electrons. The van der Waals surface area contributed by atoms with Gasteiger partial charge in [-0.25, -0.2) is 0 Å². The van der Waals surface area contributed by atoms with E-state index in [2.05, 4.69) is 12.1 Å². The van der Waals surface area contributed by atoms with Crippen LogP contribution in [0, 0.1) is 11.8 Å². The summed E-state index contributed by atoms with van der Waals surface area (Å²) in [5.41, 5.74) is 2.74. The molecule has 1 aliphatic heterocycles. The first-order valence-corrected chi connectivity index (χ1v) is 7.99. The van der Waals surface area contributed by atoms with Gasteiger partial charge in [0.15, 0.2) is 11.5 Å². The van der Waals surface area contributed by atoms with E-state index in [0.29, 0.717) is 11.8 Å². The van der Waals surface area contributed by atoms with Gasteiger partial charge in [0, 0.05) is 11.0 Å². The van der Waals surface area contributed by atoms with Crippen molar-refractivity contribution >= 4 is 0 Å². The molecule has 4 aliphatic rings. The number of hydrogen-bond donors (Lipinski definition) is 1. The van der Waals surface area contributed by atoms with E-state index in [9.17, 15) is 5.11 Å². The summed E-state index contributed by atoms with van der Waals surface area (Å²) in [6, 6.07) is 4.24. The lowest BCUT2D eigenvalue weighted by Gasteiger charge is -2.53. The molecule has 1 unspecified atom stereocenters. The number of hydrogen-bond acceptors (Lipinski definition) is 3. The van der Waals surface area contributed by atoms with E-state index in [4.69, 9.17) is 9.47 Å². The molecule has 1 saturated carbocycles. The summed E-state index contributed by atoms with van der Waals surface area (Å²) in [4.78, 5) is 0. The van der Waals surface area contributed by atoms with E-state index in [1.165, 1.54) is 24.0 Å². The molecule has 1 N–H and O–H groups in total. The third kappa shape index (κ3) is 1.25. The first kappa shape index (κ1) is 12.1. The Balaban J connectivity index is 1.84. The molecule has 1 fully saturated rings. The predicted molar refractivity (Wildman–Crippen MR) is 78.8 cm³/mol. The molecular formula is C18H20O3. The molecular weight excluding hydrogens is 264 g/mol. The van der Waals surface area contributed by atoms with E-state index < -0.39 is 6.10 Å². The highest BCUT2D eigenvalue weighted by Gasteiger charge is 2.63. The monoisotopic (exact) mass is 284 g/mol. The minimum atomic E-state index is -0.511. The Bertz CT molecular complexity index is 650. The van der Waals surface area contributed by atoms with Crippen molar-refractivity contribution in [1.29, 1.82) is 0 Å². The third-order valence-corrected chi connectivity index (χ3v) is 6.22. The Morgan fingerprint density at radius 3 is 3.10 bits per heavy atom. The van der Waals surface area contributed by atoms with Gasteiger partial charge in [0.1, 0.15) is 12.2 Å². The van der Waals surface area contributed by atoms with E-state index in [0.717, 1.165) is 24.3 Å². The fraction of sp³-hybridized carbons (Fsp3) is 0.556. The van der Waals surface area contributed by atoms with Crippen LogP contribution in [0.25, 0.3) is 0 Å². The number of allylic oxidation sites excluding steroid dienone is 1. The van der Waals surface area contributed by atoms with Crippen LogP contribution in [0.2, 0.25) is 0 Å². The van der Waals surface area contributed by atoms with Crippen molar-refractivity contribution in [3.05, 3.63) is 35.4 Å². The molecule has 2 bridgehead atoms. The highest BCUT2D eigenvalue weighted by atomic mass is 16.5. The van der Waals surface area contributed by atoms with Crippen LogP contribution < -0.4 is 9.47 Å². The highest BCUT2D eigenvalue weighted by molar-refractivity contribution is 5.61. The average molecular weight is 284 g/mol. The Hall–Kier alpha value is -1.48. The molecule has 1 spiro atoms. The van der Waals surface area contributed by atoms with Gasteiger partial charge in [-0.1, -0.05) is 24.6 Å². The quantitative estimate of drug-likeness (QED) is 0.806. The average Bonchev–Trinajstić information content (AvgIpc) is 2.83. The topological polar surface area (TPSA) is 38.7 Å². The van der Waals surface area contributed by atoms with Crippen molar-refractivity contribution in [2.24, 2.45) is 11.8 Å². The van der Waals surface area contributed by atoms with Crippen molar-refractivity contribution < 1.29 is 14.6 Å². The molecule has 1 heterocycles. The van der Waals surface area contributed by atoms with Gasteiger partial charge in [-0.2, -0.15) is 0 Å². The summed E-state index contributed by atoms with van der Waals surface area (Å²) in [7, 11) is 1.69. The Kier molecular flexibility index (Phi) is 2.21. The number of rotatable bonds is 1. The van der Waals surface area contributed by atoms with Crippen LogP contribution in [-0.4, -0.2) is 24.4 Å². The van der Waals surface area contributed by atoms with Crippen molar-refractivity contribution in [1.82, 2.24) is 0 Å². The van der Waals surface area contributed by atoms with Crippen LogP contribution in [0.1, 0.15) is 30.4 Å². The molecule has 3 nitrogen and oxygen atoms in total. The van der Waals surface area contributed by atoms with Gasteiger partial charge in [-0.05, 0) is 42.7 Å². The van der Waals surface area contributed by atoms with Gasteiger partial charge in [-0.3, -0.25) is 0 Å². The fourth-order valence-electron chi connectivity index (χ4n) is 5.53. The lowest BCUT2D eigenvalue weighted by molar-refractivity contribution is -0.0272. The molecule has 1 aromatic carbocycles. The zero-order valence-electron chi connectivity index (χ0n) is 12.2. The maximum Gasteiger partial charge on any atom is 0.165 e. The standard InChI is InChI=1S/C18H20O3/c1-20-14-7-4-11-9-10-3-2-8-18-12(10)5-6-13(19)17(18)21-16(14)15(11)18/h4-7,10,12-13,17,19H,2-3,8-9H2,1H3/t10-,12?,13+,17+,18+/m1/s1. The summed E-state index contributed by atoms with van der Waals surface area (Å²) in [5.74, 6) is 2.92. The lowest BCUT2D eigenvalue weighted by atomic mass is 9.50. The van der Waals surface area contributed by atoms with Gasteiger partial charge in [0.25, 0.3) is 0 Å². The highest BCUT2D eigenvalue weighted by Crippen LogP contribution is 2.64. The van der Waals surface area contributed by atoms with Gasteiger partial charge in [0.05, 0.1) is 7.11 Å². The molecule has 5 rings (SSSR count). The smallest absolute Gasteiger partial charge is 0.165 e. The van der Waals surface area contributed by atoms with Gasteiger partial charge < -0.3 is 14.6 Å². The lowest BCUT2D eigenvalue weighted by Crippen LogP contribution is -2.57. The normalized spacial score (nSPS) is 41.4. The largest absolute Gasteiger partial charge is 0.493 e. The van der Waals surface area contributed by atoms with Gasteiger partial charge in [-0.15, -0.1) is 0 Å². The van der Waals surface area contributed by atoms with E-state index >= 15 is 0 Å². The van der Waals surface area contributed by atoms with Crippen molar-refractivity contribution in [3.63, 3.8) is 0 Å². The van der Waals surface area contributed by atoms with Crippen molar-refractivity contribution in [2.75, 3.05) is 7.11 Å². The maximum atomic E-state index is 10.5. The summed E-state index contributed by atoms with van der Waals surface area (Å²) in [6.45, 7) is 0. The number of aliphatic hydroxyl groups is 1. The minimum absolute atomic E-state index is 0.0193. The maximum absolute atomic E-state index is 10.5. The van der Waals surface area contributed by atoms with E-state index in [1.54, 1.807) is 7.11 Å². The first-order valence-electron chi connectivity index (χ1n) is 7.99. The Morgan fingerprint density at radius 1 is 1.33 bits per heavy atom. The zero-order valence-corrected chi connectivity index (χ0v) is 12.2. The molecule has 110 valence electrons. The van der Waals surface area contributed by atoms with Crippen LogP contribution in [-0.2, 0) is 11.8 Å². The van der Waals surface area contributed by atoms with Crippen molar-refractivity contribution in [3.8, 4) is 11.5 Å². The van der Waals surface area contributed by atoms with Crippen LogP contribution in [0.3, 0.4) is 0 Å². The SMILES string of the molecule is COc1ccc2c3c1O[C@H]1[C@@H](O)C=CC4[C@H](CCC[C@@]341)C2. The summed E-state index contributed by atoms with van der Waals surface area (Å²) >= 11 is 0. The second-order valence-corrected chi connectivity index (χ2v) is 6.97. The number of benzene rings is 1. The fourth-order valence-corrected chi connectivity index (χ4v) is 5.53. The Labute approximate surface area is 124 Å². The molecule has 1 aromatic rings. The molecule has 3 aliphatic carbocycles. The van der Waals surface area contributed by atoms with Gasteiger partial charge >= 0.3 is 0 Å². The Morgan fingerprint density at radius 2 is 2.24 bits per heavy atom. The summed E-state index contributed by atoms with van der Waals surface area (Å²) < 4.78 is 11.8. The summed E-state index contributed by atoms with van der Waals surface area (Å²) in [5, 5.41) is 10.5. The van der Waals surface area contributed by atoms with Crippen LogP contribution in [0.4, 0.5) is 0 Å². The minimum Gasteiger partial charge on any atom is -0.493 e. The molecule has 5 atom stereocenters. The predicted octanol–water partition coefficient (Wildman–Crippen LogP) is 2.60. The van der Waals surface area contributed by atoms with E-state index in [-0.39, 0.29) is 11.5 Å². The second kappa shape index (κ2) is 3.83. The van der Waals surface area contributed by atoms with E-state index in [1.807, 2.05) is 12.1 Å². The number of methoxy groups -OCH3 is 1. The van der Waals surface area contributed by atoms with Crippen LogP contribution in [0.5, 0.6) is 11.5 Å². The zero-order chi connectivity index (χ0) is 14.2. The first-order chi connectivity index (χ1) is 10.3. The number of ether oxygens (including phenoxy) is 2. The van der Waals surface area contributed by atoms with Crippen LogP contribution >= 0.6 is 0 Å². The van der Waals surface area contributed by atoms with Crippen molar-refractivity contribution in [2.45, 2.75) is 43.3 Å². The summed E-state index contributed by atoms with van der Waals surface area (Å²) in [6.07, 6.45) is 8.35. The molecule has 3 heteroatoms. The molecule has 0 aromatic heterocycles. The number of aliphatic hydroxyl groups excluding tert-OH is 1.